The van der Waals surface area contributed by atoms with E-state index in [0.717, 1.165) is 54.7 Å². The molecule has 1 aliphatic carbocycles. The summed E-state index contributed by atoms with van der Waals surface area (Å²) in [5.41, 5.74) is 10.0. The van der Waals surface area contributed by atoms with Crippen molar-refractivity contribution >= 4 is 11.2 Å². The lowest BCUT2D eigenvalue weighted by Crippen LogP contribution is -2.46. The smallest absolute Gasteiger partial charge is 0.135 e. The zero-order valence-corrected chi connectivity index (χ0v) is 19.7. The molecular formula is C27H28F2N6. The normalized spacial score (nSPS) is 20.5. The van der Waals surface area contributed by atoms with E-state index in [9.17, 15) is 8.78 Å². The van der Waals surface area contributed by atoms with Gasteiger partial charge in [0.25, 0.3) is 0 Å². The van der Waals surface area contributed by atoms with E-state index >= 15 is 0 Å². The highest BCUT2D eigenvalue weighted by Crippen LogP contribution is 2.42. The SMILES string of the molecule is C[C@@H]1C[C@H](N)CN(c2ccncc2Cc2ncc3ccc(-c4c(F)cc(C5CC5)cc4F)nn23)C1. The monoisotopic (exact) mass is 474 g/mol. The van der Waals surface area contributed by atoms with Crippen LogP contribution in [-0.2, 0) is 6.42 Å². The summed E-state index contributed by atoms with van der Waals surface area (Å²) >= 11 is 0. The summed E-state index contributed by atoms with van der Waals surface area (Å²) in [6.07, 6.45) is 8.84. The van der Waals surface area contributed by atoms with Gasteiger partial charge in [-0.05, 0) is 67.0 Å². The summed E-state index contributed by atoms with van der Waals surface area (Å²) in [4.78, 5) is 11.2. The van der Waals surface area contributed by atoms with Crippen molar-refractivity contribution in [1.82, 2.24) is 19.6 Å². The maximum atomic E-state index is 15.0. The zero-order valence-electron chi connectivity index (χ0n) is 19.7. The number of fused-ring (bicyclic) bond motifs is 1. The summed E-state index contributed by atoms with van der Waals surface area (Å²) in [5.74, 6) is 0.305. The first kappa shape index (κ1) is 22.1. The predicted octanol–water partition coefficient (Wildman–Crippen LogP) is 4.71. The van der Waals surface area contributed by atoms with Crippen molar-refractivity contribution in [2.45, 2.75) is 44.6 Å². The molecule has 0 bridgehead atoms. The molecule has 2 N–H and O–H groups in total. The van der Waals surface area contributed by atoms with Crippen LogP contribution in [0.2, 0.25) is 0 Å². The Labute approximate surface area is 202 Å². The topological polar surface area (TPSA) is 72.3 Å². The lowest BCUT2D eigenvalue weighted by Gasteiger charge is -2.37. The number of benzene rings is 1. The fraction of sp³-hybridized carbons (Fsp3) is 0.370. The summed E-state index contributed by atoms with van der Waals surface area (Å²) < 4.78 is 31.6. The molecule has 3 aromatic heterocycles. The highest BCUT2D eigenvalue weighted by Gasteiger charge is 2.27. The van der Waals surface area contributed by atoms with Crippen LogP contribution in [0, 0.1) is 17.6 Å². The van der Waals surface area contributed by atoms with Gasteiger partial charge in [0.15, 0.2) is 0 Å². The number of aromatic nitrogens is 4. The van der Waals surface area contributed by atoms with Crippen molar-refractivity contribution in [1.29, 1.82) is 0 Å². The molecule has 0 radical (unpaired) electrons. The van der Waals surface area contributed by atoms with E-state index in [1.807, 2.05) is 12.3 Å². The van der Waals surface area contributed by atoms with Gasteiger partial charge in [0, 0.05) is 49.2 Å². The third-order valence-corrected chi connectivity index (χ3v) is 7.08. The van der Waals surface area contributed by atoms with Gasteiger partial charge in [-0.3, -0.25) is 4.98 Å². The number of piperidine rings is 1. The summed E-state index contributed by atoms with van der Waals surface area (Å²) in [7, 11) is 0. The maximum Gasteiger partial charge on any atom is 0.135 e. The molecule has 2 atom stereocenters. The third-order valence-electron chi connectivity index (χ3n) is 7.08. The van der Waals surface area contributed by atoms with E-state index < -0.39 is 11.6 Å². The minimum Gasteiger partial charge on any atom is -0.369 e. The van der Waals surface area contributed by atoms with Crippen LogP contribution in [0.5, 0.6) is 0 Å². The average Bonchev–Trinajstić information content (AvgIpc) is 3.60. The number of pyridine rings is 1. The van der Waals surface area contributed by atoms with Crippen molar-refractivity contribution in [3.05, 3.63) is 77.5 Å². The Morgan fingerprint density at radius 2 is 1.86 bits per heavy atom. The van der Waals surface area contributed by atoms with Crippen molar-refractivity contribution in [2.75, 3.05) is 18.0 Å². The van der Waals surface area contributed by atoms with Crippen LogP contribution in [0.1, 0.15) is 49.1 Å². The fourth-order valence-electron chi connectivity index (χ4n) is 5.31. The van der Waals surface area contributed by atoms with Gasteiger partial charge in [0.1, 0.15) is 17.5 Å². The van der Waals surface area contributed by atoms with E-state index in [0.29, 0.717) is 18.2 Å². The number of hydrogen-bond donors (Lipinski definition) is 1. The highest BCUT2D eigenvalue weighted by atomic mass is 19.1. The van der Waals surface area contributed by atoms with Crippen LogP contribution in [0.15, 0.2) is 48.9 Å². The molecule has 2 fully saturated rings. The molecule has 4 aromatic rings. The van der Waals surface area contributed by atoms with Gasteiger partial charge in [-0.2, -0.15) is 5.10 Å². The molecule has 1 aliphatic heterocycles. The van der Waals surface area contributed by atoms with Crippen LogP contribution in [0.25, 0.3) is 16.8 Å². The minimum atomic E-state index is -0.578. The largest absolute Gasteiger partial charge is 0.369 e. The third kappa shape index (κ3) is 4.27. The van der Waals surface area contributed by atoms with Gasteiger partial charge in [-0.1, -0.05) is 6.92 Å². The maximum absolute atomic E-state index is 15.0. The number of nitrogens with two attached hydrogens (primary N) is 1. The first-order valence-electron chi connectivity index (χ1n) is 12.2. The van der Waals surface area contributed by atoms with Gasteiger partial charge in [-0.15, -0.1) is 0 Å². The number of nitrogens with zero attached hydrogens (tertiary/aromatic N) is 5. The van der Waals surface area contributed by atoms with Crippen LogP contribution in [0.3, 0.4) is 0 Å². The average molecular weight is 475 g/mol. The van der Waals surface area contributed by atoms with Crippen molar-refractivity contribution in [3.8, 4) is 11.3 Å². The van der Waals surface area contributed by atoms with Gasteiger partial charge >= 0.3 is 0 Å². The number of hydrogen-bond acceptors (Lipinski definition) is 5. The van der Waals surface area contributed by atoms with Gasteiger partial charge in [0.05, 0.1) is 23.0 Å². The number of imidazole rings is 1. The van der Waals surface area contributed by atoms with Gasteiger partial charge in [-0.25, -0.2) is 18.3 Å². The molecule has 35 heavy (non-hydrogen) atoms. The van der Waals surface area contributed by atoms with Crippen molar-refractivity contribution < 1.29 is 8.78 Å². The van der Waals surface area contributed by atoms with Crippen LogP contribution >= 0.6 is 0 Å². The van der Waals surface area contributed by atoms with Crippen LogP contribution < -0.4 is 10.6 Å². The molecular weight excluding hydrogens is 446 g/mol. The standard InChI is InChI=1S/C27H28F2N6/c1-16-8-20(30)15-34(14-16)25-6-7-31-12-19(25)11-26-32-13-21-4-5-24(33-35(21)26)27-22(28)9-18(10-23(27)29)17-2-3-17/h4-7,9-10,12-13,16-17,20H,2-3,8,11,14-15,30H2,1H3/t16-,20+/m1/s1. The first-order chi connectivity index (χ1) is 17.0. The van der Waals surface area contributed by atoms with Gasteiger partial charge in [0.2, 0.25) is 0 Å². The zero-order chi connectivity index (χ0) is 24.1. The minimum absolute atomic E-state index is 0.102. The van der Waals surface area contributed by atoms with E-state index in [-0.39, 0.29) is 23.2 Å². The molecule has 1 saturated carbocycles. The lowest BCUT2D eigenvalue weighted by atomic mass is 9.95. The van der Waals surface area contributed by atoms with E-state index in [2.05, 4.69) is 26.9 Å². The second-order valence-corrected chi connectivity index (χ2v) is 10.1. The second kappa shape index (κ2) is 8.68. The highest BCUT2D eigenvalue weighted by molar-refractivity contribution is 5.64. The van der Waals surface area contributed by atoms with Crippen LogP contribution in [0.4, 0.5) is 14.5 Å². The molecule has 2 aliphatic rings. The van der Waals surface area contributed by atoms with Crippen LogP contribution in [-0.4, -0.2) is 38.7 Å². The molecule has 8 heteroatoms. The Bertz CT molecular complexity index is 1360. The second-order valence-electron chi connectivity index (χ2n) is 10.1. The number of rotatable bonds is 5. The molecule has 4 heterocycles. The Kier molecular flexibility index (Phi) is 5.48. The summed E-state index contributed by atoms with van der Waals surface area (Å²) in [6.45, 7) is 3.95. The molecule has 180 valence electrons. The molecule has 1 saturated heterocycles. The predicted molar refractivity (Wildman–Crippen MR) is 131 cm³/mol. The molecule has 0 unspecified atom stereocenters. The summed E-state index contributed by atoms with van der Waals surface area (Å²) in [6, 6.07) is 8.48. The lowest BCUT2D eigenvalue weighted by molar-refractivity contribution is 0.401. The Hall–Kier alpha value is -3.39. The van der Waals surface area contributed by atoms with Gasteiger partial charge < -0.3 is 10.6 Å². The quantitative estimate of drug-likeness (QED) is 0.454. The summed E-state index contributed by atoms with van der Waals surface area (Å²) in [5, 5.41) is 4.60. The molecule has 0 spiro atoms. The fourth-order valence-corrected chi connectivity index (χ4v) is 5.31. The van der Waals surface area contributed by atoms with E-state index in [1.54, 1.807) is 29.0 Å². The number of anilines is 1. The molecule has 6 nitrogen and oxygen atoms in total. The Balaban J connectivity index is 1.35. The Morgan fingerprint density at radius 3 is 2.60 bits per heavy atom. The van der Waals surface area contributed by atoms with Crippen molar-refractivity contribution in [3.63, 3.8) is 0 Å². The van der Waals surface area contributed by atoms with Crippen molar-refractivity contribution in [2.24, 2.45) is 11.7 Å². The number of halogens is 2. The molecule has 0 amide bonds. The van der Waals surface area contributed by atoms with E-state index in [1.165, 1.54) is 12.1 Å². The molecule has 1 aromatic carbocycles. The van der Waals surface area contributed by atoms with E-state index in [4.69, 9.17) is 5.73 Å². The molecule has 6 rings (SSSR count). The Morgan fingerprint density at radius 1 is 1.06 bits per heavy atom. The first-order valence-corrected chi connectivity index (χ1v) is 12.2.